The number of hydrogen-bond donors (Lipinski definition) is 2. The predicted molar refractivity (Wildman–Crippen MR) is 66.5 cm³/mol. The van der Waals surface area contributed by atoms with E-state index in [2.05, 4.69) is 0 Å². The number of aliphatic hydroxyl groups is 1. The second-order valence-corrected chi connectivity index (χ2v) is 3.96. The maximum absolute atomic E-state index is 12.9. The van der Waals surface area contributed by atoms with Crippen molar-refractivity contribution in [2.24, 2.45) is 5.73 Å². The minimum Gasteiger partial charge on any atom is -0.391 e. The number of rotatable bonds is 4. The number of hydrogen-bond acceptors (Lipinski definition) is 2. The fraction of sp³-hybridized carbons (Fsp3) is 0.455. The molecule has 1 aromatic rings. The second-order valence-electron chi connectivity index (χ2n) is 3.56. The van der Waals surface area contributed by atoms with Crippen LogP contribution in [0.4, 0.5) is 4.39 Å². The van der Waals surface area contributed by atoms with Gasteiger partial charge in [0.1, 0.15) is 5.82 Å². The Morgan fingerprint density at radius 3 is 2.62 bits per heavy atom. The molecule has 16 heavy (non-hydrogen) atoms. The third-order valence-corrected chi connectivity index (χ3v) is 2.62. The average molecular weight is 268 g/mol. The van der Waals surface area contributed by atoms with E-state index in [9.17, 15) is 9.50 Å². The van der Waals surface area contributed by atoms with E-state index in [-0.39, 0.29) is 17.4 Å². The SMILES string of the molecule is CCC[C@H](O)[C@H](N)c1ccc(F)c(Cl)c1.Cl. The van der Waals surface area contributed by atoms with Gasteiger partial charge in [-0.15, -0.1) is 12.4 Å². The van der Waals surface area contributed by atoms with Crippen molar-refractivity contribution in [3.63, 3.8) is 0 Å². The monoisotopic (exact) mass is 267 g/mol. The molecule has 2 atom stereocenters. The van der Waals surface area contributed by atoms with Gasteiger partial charge in [-0.05, 0) is 24.1 Å². The molecule has 0 aromatic heterocycles. The minimum absolute atomic E-state index is 0. The number of halogens is 3. The van der Waals surface area contributed by atoms with E-state index in [0.717, 1.165) is 6.42 Å². The van der Waals surface area contributed by atoms with Gasteiger partial charge in [-0.2, -0.15) is 0 Å². The van der Waals surface area contributed by atoms with Crippen LogP contribution in [0.15, 0.2) is 18.2 Å². The van der Waals surface area contributed by atoms with E-state index in [1.807, 2.05) is 6.92 Å². The fourth-order valence-electron chi connectivity index (χ4n) is 1.42. The van der Waals surface area contributed by atoms with Gasteiger partial charge in [-0.1, -0.05) is 31.0 Å². The number of nitrogens with two attached hydrogens (primary N) is 1. The van der Waals surface area contributed by atoms with Crippen LogP contribution in [0.5, 0.6) is 0 Å². The molecule has 0 heterocycles. The Morgan fingerprint density at radius 2 is 2.12 bits per heavy atom. The summed E-state index contributed by atoms with van der Waals surface area (Å²) < 4.78 is 12.9. The molecule has 1 rings (SSSR count). The van der Waals surface area contributed by atoms with Crippen LogP contribution in [0.1, 0.15) is 31.4 Å². The molecular formula is C11H16Cl2FNO. The van der Waals surface area contributed by atoms with E-state index in [4.69, 9.17) is 17.3 Å². The van der Waals surface area contributed by atoms with Gasteiger partial charge in [0.05, 0.1) is 17.2 Å². The van der Waals surface area contributed by atoms with Crippen molar-refractivity contribution >= 4 is 24.0 Å². The molecular weight excluding hydrogens is 252 g/mol. The lowest BCUT2D eigenvalue weighted by molar-refractivity contribution is 0.134. The van der Waals surface area contributed by atoms with Gasteiger partial charge in [0.25, 0.3) is 0 Å². The van der Waals surface area contributed by atoms with Crippen LogP contribution < -0.4 is 5.73 Å². The summed E-state index contributed by atoms with van der Waals surface area (Å²) in [6.45, 7) is 1.97. The maximum atomic E-state index is 12.9. The largest absolute Gasteiger partial charge is 0.391 e. The summed E-state index contributed by atoms with van der Waals surface area (Å²) in [6, 6.07) is 3.75. The van der Waals surface area contributed by atoms with Gasteiger partial charge in [0.15, 0.2) is 0 Å². The smallest absolute Gasteiger partial charge is 0.141 e. The fourth-order valence-corrected chi connectivity index (χ4v) is 1.61. The topological polar surface area (TPSA) is 46.2 Å². The molecule has 0 aliphatic rings. The molecule has 0 spiro atoms. The molecule has 0 bridgehead atoms. The van der Waals surface area contributed by atoms with Crippen molar-refractivity contribution in [1.82, 2.24) is 0 Å². The molecule has 0 saturated heterocycles. The molecule has 92 valence electrons. The van der Waals surface area contributed by atoms with E-state index in [1.165, 1.54) is 12.1 Å². The number of benzene rings is 1. The molecule has 0 unspecified atom stereocenters. The van der Waals surface area contributed by atoms with Crippen molar-refractivity contribution in [3.8, 4) is 0 Å². The summed E-state index contributed by atoms with van der Waals surface area (Å²) in [6.07, 6.45) is 0.858. The highest BCUT2D eigenvalue weighted by Gasteiger charge is 2.16. The average Bonchev–Trinajstić information content (AvgIpc) is 2.21. The van der Waals surface area contributed by atoms with Crippen molar-refractivity contribution in [2.45, 2.75) is 31.9 Å². The zero-order valence-electron chi connectivity index (χ0n) is 8.99. The van der Waals surface area contributed by atoms with Gasteiger partial charge >= 0.3 is 0 Å². The Labute approximate surface area is 106 Å². The van der Waals surface area contributed by atoms with Gasteiger partial charge in [-0.3, -0.25) is 0 Å². The molecule has 2 nitrogen and oxygen atoms in total. The van der Waals surface area contributed by atoms with Crippen LogP contribution in [0.2, 0.25) is 5.02 Å². The first kappa shape index (κ1) is 15.7. The maximum Gasteiger partial charge on any atom is 0.141 e. The normalized spacial score (nSPS) is 14.1. The standard InChI is InChI=1S/C11H15ClFNO.ClH/c1-2-3-10(15)11(14)7-4-5-9(13)8(12)6-7;/h4-6,10-11,15H,2-3,14H2,1H3;1H/t10-,11+;/m0./s1. The molecule has 0 saturated carbocycles. The van der Waals surface area contributed by atoms with Gasteiger partial charge in [0, 0.05) is 0 Å². The van der Waals surface area contributed by atoms with Gasteiger partial charge < -0.3 is 10.8 Å². The lowest BCUT2D eigenvalue weighted by Crippen LogP contribution is -2.25. The highest BCUT2D eigenvalue weighted by atomic mass is 35.5. The molecule has 0 fully saturated rings. The van der Waals surface area contributed by atoms with Crippen molar-refractivity contribution in [2.75, 3.05) is 0 Å². The Bertz CT molecular complexity index is 336. The summed E-state index contributed by atoms with van der Waals surface area (Å²) in [4.78, 5) is 0. The summed E-state index contributed by atoms with van der Waals surface area (Å²) in [5, 5.41) is 9.70. The van der Waals surface area contributed by atoms with Crippen LogP contribution in [-0.4, -0.2) is 11.2 Å². The molecule has 5 heteroatoms. The zero-order chi connectivity index (χ0) is 11.4. The third-order valence-electron chi connectivity index (χ3n) is 2.33. The summed E-state index contributed by atoms with van der Waals surface area (Å²) in [5.41, 5.74) is 6.47. The molecule has 0 aliphatic heterocycles. The lowest BCUT2D eigenvalue weighted by Gasteiger charge is -2.18. The quantitative estimate of drug-likeness (QED) is 0.881. The van der Waals surface area contributed by atoms with Crippen LogP contribution in [-0.2, 0) is 0 Å². The van der Waals surface area contributed by atoms with E-state index in [1.54, 1.807) is 6.07 Å². The van der Waals surface area contributed by atoms with Gasteiger partial charge in [0.2, 0.25) is 0 Å². The minimum atomic E-state index is -0.614. The van der Waals surface area contributed by atoms with Crippen molar-refractivity contribution in [1.29, 1.82) is 0 Å². The Hall–Kier alpha value is -0.350. The molecule has 3 N–H and O–H groups in total. The Balaban J connectivity index is 0.00000225. The van der Waals surface area contributed by atoms with Crippen molar-refractivity contribution < 1.29 is 9.50 Å². The predicted octanol–water partition coefficient (Wildman–Crippen LogP) is 3.06. The van der Waals surface area contributed by atoms with Gasteiger partial charge in [-0.25, -0.2) is 4.39 Å². The third kappa shape index (κ3) is 3.91. The number of aliphatic hydroxyl groups excluding tert-OH is 1. The molecule has 1 aromatic carbocycles. The van der Waals surface area contributed by atoms with Crippen LogP contribution in [0.3, 0.4) is 0 Å². The zero-order valence-corrected chi connectivity index (χ0v) is 10.6. The van der Waals surface area contributed by atoms with E-state index in [0.29, 0.717) is 12.0 Å². The molecule has 0 amide bonds. The summed E-state index contributed by atoms with van der Waals surface area (Å²) >= 11 is 5.63. The summed E-state index contributed by atoms with van der Waals surface area (Å²) in [5.74, 6) is -0.474. The molecule has 0 aliphatic carbocycles. The highest BCUT2D eigenvalue weighted by molar-refractivity contribution is 6.30. The summed E-state index contributed by atoms with van der Waals surface area (Å²) in [7, 11) is 0. The first-order chi connectivity index (χ1) is 7.06. The molecule has 0 radical (unpaired) electrons. The first-order valence-electron chi connectivity index (χ1n) is 4.94. The lowest BCUT2D eigenvalue weighted by atomic mass is 9.99. The van der Waals surface area contributed by atoms with E-state index < -0.39 is 18.0 Å². The van der Waals surface area contributed by atoms with Crippen LogP contribution in [0, 0.1) is 5.82 Å². The van der Waals surface area contributed by atoms with E-state index >= 15 is 0 Å². The second kappa shape index (κ2) is 7.07. The first-order valence-corrected chi connectivity index (χ1v) is 5.32. The van der Waals surface area contributed by atoms with Crippen LogP contribution in [0.25, 0.3) is 0 Å². The highest BCUT2D eigenvalue weighted by Crippen LogP contribution is 2.22. The van der Waals surface area contributed by atoms with Crippen LogP contribution >= 0.6 is 24.0 Å². The van der Waals surface area contributed by atoms with Crippen molar-refractivity contribution in [3.05, 3.63) is 34.6 Å². The Kier molecular flexibility index (Phi) is 6.91. The Morgan fingerprint density at radius 1 is 1.50 bits per heavy atom.